The largest absolute Gasteiger partial charge is 0.275 e. The summed E-state index contributed by atoms with van der Waals surface area (Å²) in [5.41, 5.74) is 0. The first-order chi connectivity index (χ1) is 4.48. The summed E-state index contributed by atoms with van der Waals surface area (Å²) >= 11 is 0. The summed E-state index contributed by atoms with van der Waals surface area (Å²) in [6.07, 6.45) is -0.457. The average Bonchev–Trinajstić information content (AvgIpc) is 1.80. The smallest absolute Gasteiger partial charge is 0.241 e. The van der Waals surface area contributed by atoms with Gasteiger partial charge in [-0.1, -0.05) is 6.08 Å². The van der Waals surface area contributed by atoms with Gasteiger partial charge in [0, 0.05) is 6.92 Å². The molecule has 10 heavy (non-hydrogen) atoms. The van der Waals surface area contributed by atoms with Crippen LogP contribution in [0.5, 0.6) is 0 Å². The molecule has 0 aliphatic carbocycles. The number of hydrogen-bond donors (Lipinski definition) is 0. The maximum absolute atomic E-state index is 12.3. The summed E-state index contributed by atoms with van der Waals surface area (Å²) < 4.78 is 36.4. The van der Waals surface area contributed by atoms with Crippen LogP contribution in [0.15, 0.2) is 12.7 Å². The third kappa shape index (κ3) is 3.54. The molecule has 0 rings (SSSR count). The molecule has 0 aliphatic rings. The molecular formula is C7H11F3. The molecule has 0 saturated heterocycles. The Balaban J connectivity index is 3.61. The van der Waals surface area contributed by atoms with Crippen molar-refractivity contribution in [3.8, 4) is 0 Å². The molecule has 0 fully saturated rings. The number of rotatable bonds is 4. The van der Waals surface area contributed by atoms with Crippen LogP contribution >= 0.6 is 0 Å². The van der Waals surface area contributed by atoms with Gasteiger partial charge in [0.2, 0.25) is 0 Å². The van der Waals surface area contributed by atoms with Crippen molar-refractivity contribution in [1.29, 1.82) is 0 Å². The van der Waals surface area contributed by atoms with Gasteiger partial charge in [-0.25, -0.2) is 13.2 Å². The maximum Gasteiger partial charge on any atom is 0.275 e. The highest BCUT2D eigenvalue weighted by Gasteiger charge is 2.33. The lowest BCUT2D eigenvalue weighted by Gasteiger charge is -2.14. The number of hydrogen-bond acceptors (Lipinski definition) is 0. The summed E-state index contributed by atoms with van der Waals surface area (Å²) in [6.45, 7) is 3.89. The second kappa shape index (κ2) is 3.64. The average molecular weight is 152 g/mol. The summed E-state index contributed by atoms with van der Waals surface area (Å²) in [7, 11) is 0. The highest BCUT2D eigenvalue weighted by molar-refractivity contribution is 4.76. The molecule has 0 aromatic rings. The van der Waals surface area contributed by atoms with Crippen LogP contribution in [0.1, 0.15) is 19.8 Å². The normalized spacial score (nSPS) is 14.8. The van der Waals surface area contributed by atoms with E-state index in [1.807, 2.05) is 0 Å². The zero-order valence-corrected chi connectivity index (χ0v) is 5.91. The van der Waals surface area contributed by atoms with E-state index in [0.29, 0.717) is 13.3 Å². The van der Waals surface area contributed by atoms with Gasteiger partial charge in [-0.15, -0.1) is 6.58 Å². The van der Waals surface area contributed by atoms with Crippen molar-refractivity contribution in [2.75, 3.05) is 0 Å². The van der Waals surface area contributed by atoms with Crippen LogP contribution in [-0.4, -0.2) is 12.1 Å². The molecule has 0 aromatic heterocycles. The first-order valence-electron chi connectivity index (χ1n) is 3.11. The van der Waals surface area contributed by atoms with Crippen LogP contribution in [0, 0.1) is 0 Å². The Morgan fingerprint density at radius 2 is 2.10 bits per heavy atom. The molecule has 0 spiro atoms. The minimum atomic E-state index is -3.21. The first-order valence-corrected chi connectivity index (χ1v) is 3.11. The van der Waals surface area contributed by atoms with Gasteiger partial charge >= 0.3 is 0 Å². The molecule has 0 aromatic carbocycles. The number of alkyl halides is 3. The van der Waals surface area contributed by atoms with Crippen molar-refractivity contribution in [3.05, 3.63) is 12.7 Å². The number of allylic oxidation sites excluding steroid dienone is 1. The van der Waals surface area contributed by atoms with Gasteiger partial charge in [-0.3, -0.25) is 0 Å². The quantitative estimate of drug-likeness (QED) is 0.543. The first kappa shape index (κ1) is 9.53. The fraction of sp³-hybridized carbons (Fsp3) is 0.714. The van der Waals surface area contributed by atoms with Crippen LogP contribution in [-0.2, 0) is 0 Å². The second-order valence-corrected chi connectivity index (χ2v) is 2.29. The Labute approximate surface area is 58.7 Å². The van der Waals surface area contributed by atoms with Crippen LogP contribution in [0.25, 0.3) is 0 Å². The van der Waals surface area contributed by atoms with Crippen molar-refractivity contribution in [2.45, 2.75) is 31.9 Å². The van der Waals surface area contributed by atoms with Gasteiger partial charge in [0.05, 0.1) is 0 Å². The monoisotopic (exact) mass is 152 g/mol. The minimum Gasteiger partial charge on any atom is -0.241 e. The van der Waals surface area contributed by atoms with Crippen molar-refractivity contribution in [3.63, 3.8) is 0 Å². The highest BCUT2D eigenvalue weighted by Crippen LogP contribution is 2.23. The van der Waals surface area contributed by atoms with E-state index in [-0.39, 0.29) is 6.42 Å². The maximum atomic E-state index is 12.3. The topological polar surface area (TPSA) is 0 Å². The minimum absolute atomic E-state index is 0.146. The van der Waals surface area contributed by atoms with E-state index in [1.165, 1.54) is 6.08 Å². The molecule has 1 atom stereocenters. The Kier molecular flexibility index (Phi) is 3.47. The molecule has 0 radical (unpaired) electrons. The molecule has 0 saturated carbocycles. The van der Waals surface area contributed by atoms with Crippen LogP contribution in [0.4, 0.5) is 13.2 Å². The van der Waals surface area contributed by atoms with Crippen molar-refractivity contribution in [2.24, 2.45) is 0 Å². The second-order valence-electron chi connectivity index (χ2n) is 2.29. The van der Waals surface area contributed by atoms with E-state index in [2.05, 4.69) is 6.58 Å². The van der Waals surface area contributed by atoms with Crippen LogP contribution in [0.2, 0.25) is 0 Å². The van der Waals surface area contributed by atoms with Gasteiger partial charge in [-0.05, 0) is 12.8 Å². The fourth-order valence-corrected chi connectivity index (χ4v) is 0.518. The van der Waals surface area contributed by atoms with E-state index >= 15 is 0 Å². The highest BCUT2D eigenvalue weighted by atomic mass is 19.3. The molecule has 3 heteroatoms. The van der Waals surface area contributed by atoms with E-state index in [4.69, 9.17) is 0 Å². The van der Waals surface area contributed by atoms with Crippen LogP contribution < -0.4 is 0 Å². The third-order valence-corrected chi connectivity index (χ3v) is 1.17. The molecule has 60 valence electrons. The van der Waals surface area contributed by atoms with E-state index < -0.39 is 12.1 Å². The Bertz CT molecular complexity index is 104. The molecule has 0 aliphatic heterocycles. The van der Waals surface area contributed by atoms with E-state index in [0.717, 1.165) is 0 Å². The fourth-order valence-electron chi connectivity index (χ4n) is 0.518. The van der Waals surface area contributed by atoms with Gasteiger partial charge < -0.3 is 0 Å². The third-order valence-electron chi connectivity index (χ3n) is 1.17. The summed E-state index contributed by atoms with van der Waals surface area (Å²) in [4.78, 5) is 0. The number of halogens is 3. The lowest BCUT2D eigenvalue weighted by molar-refractivity contribution is -0.0573. The van der Waals surface area contributed by atoms with E-state index in [1.54, 1.807) is 0 Å². The molecule has 0 bridgehead atoms. The molecular weight excluding hydrogens is 141 g/mol. The predicted molar refractivity (Wildman–Crippen MR) is 34.9 cm³/mol. The molecule has 0 amide bonds. The van der Waals surface area contributed by atoms with Gasteiger partial charge in [0.25, 0.3) is 5.92 Å². The summed E-state index contributed by atoms with van der Waals surface area (Å²) in [5, 5.41) is 0. The molecule has 0 N–H and O–H groups in total. The van der Waals surface area contributed by atoms with Gasteiger partial charge in [0.1, 0.15) is 0 Å². The van der Waals surface area contributed by atoms with Crippen LogP contribution in [0.3, 0.4) is 0 Å². The van der Waals surface area contributed by atoms with E-state index in [9.17, 15) is 13.2 Å². The SMILES string of the molecule is C=CCCC(F)C(C)(F)F. The summed E-state index contributed by atoms with van der Waals surface area (Å²) in [5.74, 6) is -3.21. The van der Waals surface area contributed by atoms with Crippen molar-refractivity contribution in [1.82, 2.24) is 0 Å². The van der Waals surface area contributed by atoms with Gasteiger partial charge in [-0.2, -0.15) is 0 Å². The van der Waals surface area contributed by atoms with Crippen molar-refractivity contribution < 1.29 is 13.2 Å². The Morgan fingerprint density at radius 1 is 1.60 bits per heavy atom. The Hall–Kier alpha value is -0.470. The zero-order valence-electron chi connectivity index (χ0n) is 5.91. The van der Waals surface area contributed by atoms with Gasteiger partial charge in [0.15, 0.2) is 6.17 Å². The zero-order chi connectivity index (χ0) is 8.20. The Morgan fingerprint density at radius 3 is 2.40 bits per heavy atom. The predicted octanol–water partition coefficient (Wildman–Crippen LogP) is 2.95. The summed E-state index contributed by atoms with van der Waals surface area (Å²) in [6, 6.07) is 0. The molecule has 1 unspecified atom stereocenters. The standard InChI is InChI=1S/C7H11F3/c1-3-4-5-6(8)7(2,9)10/h3,6H,1,4-5H2,2H3. The van der Waals surface area contributed by atoms with Crippen molar-refractivity contribution >= 4 is 0 Å². The molecule has 0 nitrogen and oxygen atoms in total. The lowest BCUT2D eigenvalue weighted by Crippen LogP contribution is -2.25. The lowest BCUT2D eigenvalue weighted by atomic mass is 10.1. The molecule has 0 heterocycles.